The number of carbonyl (C=O) groups is 2. The molecule has 0 amide bonds. The van der Waals surface area contributed by atoms with Gasteiger partial charge in [0.2, 0.25) is 0 Å². The van der Waals surface area contributed by atoms with Crippen molar-refractivity contribution in [1.82, 2.24) is 0 Å². The van der Waals surface area contributed by atoms with Crippen molar-refractivity contribution in [3.05, 3.63) is 131 Å². The van der Waals surface area contributed by atoms with E-state index in [0.29, 0.717) is 0 Å². The molecule has 2 N–H and O–H groups in total. The fourth-order valence-electron chi connectivity index (χ4n) is 4.07. The summed E-state index contributed by atoms with van der Waals surface area (Å²) in [7, 11) is 0. The normalized spacial score (nSPS) is 14.9. The maximum Gasteiger partial charge on any atom is 0.455 e. The second-order valence-corrected chi connectivity index (χ2v) is 9.93. The van der Waals surface area contributed by atoms with Crippen LogP contribution in [0.1, 0.15) is 31.8 Å². The minimum absolute atomic E-state index is 0.174. The molecule has 17 heteroatoms. The average Bonchev–Trinajstić information content (AvgIpc) is 3.04. The number of benzene rings is 4. The Hall–Kier alpha value is -5.06. The molecule has 0 aromatic heterocycles. The van der Waals surface area contributed by atoms with Crippen molar-refractivity contribution in [2.24, 2.45) is 0 Å². The van der Waals surface area contributed by atoms with Crippen molar-refractivity contribution < 1.29 is 77.2 Å². The molecule has 0 fully saturated rings. The van der Waals surface area contributed by atoms with E-state index in [1.54, 1.807) is 0 Å². The van der Waals surface area contributed by atoms with Gasteiger partial charge in [0.15, 0.2) is 0 Å². The Morgan fingerprint density at radius 2 is 0.694 bits per heavy atom. The standard InChI is InChI=1S/C20H10F12O5.C12H10/c21-15(22,11-5-1-9(2-6-11)13(33)34)17(25,19(27,28)29)37-18(26,20(30,31)32)16(23,24)12-7-3-10(4-8-12)14(35)36;1-3-7-11(8-4-1)12-9-5-2-6-10-12/h1-8H,(H,33,34)(H,35,36);1-10H. The van der Waals surface area contributed by atoms with Crippen LogP contribution in [0.5, 0.6) is 0 Å². The van der Waals surface area contributed by atoms with E-state index in [-0.39, 0.29) is 48.5 Å². The SMILES string of the molecule is O=C(O)c1ccc(C(F)(F)C(F)(OC(F)(C(F)(F)F)C(F)(F)c2ccc(C(=O)O)cc2)C(F)(F)F)cc1.c1ccc(-c2ccccc2)cc1. The van der Waals surface area contributed by atoms with E-state index in [1.165, 1.54) is 11.1 Å². The Labute approximate surface area is 268 Å². The Kier molecular flexibility index (Phi) is 10.8. The van der Waals surface area contributed by atoms with E-state index in [0.717, 1.165) is 0 Å². The zero-order chi connectivity index (χ0) is 37.1. The van der Waals surface area contributed by atoms with Gasteiger partial charge < -0.3 is 10.2 Å². The molecule has 0 bridgehead atoms. The van der Waals surface area contributed by atoms with Crippen LogP contribution in [0.15, 0.2) is 109 Å². The van der Waals surface area contributed by atoms with E-state index >= 15 is 0 Å². The third kappa shape index (κ3) is 7.66. The molecule has 5 nitrogen and oxygen atoms in total. The summed E-state index contributed by atoms with van der Waals surface area (Å²) in [6, 6.07) is 20.7. The van der Waals surface area contributed by atoms with Crippen molar-refractivity contribution in [3.8, 4) is 11.1 Å². The van der Waals surface area contributed by atoms with Crippen molar-refractivity contribution in [2.75, 3.05) is 0 Å². The van der Waals surface area contributed by atoms with Crippen LogP contribution in [0, 0.1) is 0 Å². The van der Waals surface area contributed by atoms with Crippen molar-refractivity contribution in [3.63, 3.8) is 0 Å². The lowest BCUT2D eigenvalue weighted by Gasteiger charge is -2.42. The topological polar surface area (TPSA) is 83.8 Å². The molecule has 0 aliphatic heterocycles. The van der Waals surface area contributed by atoms with Crippen LogP contribution in [0.3, 0.4) is 0 Å². The Morgan fingerprint density at radius 3 is 0.918 bits per heavy atom. The quantitative estimate of drug-likeness (QED) is 0.169. The summed E-state index contributed by atoms with van der Waals surface area (Å²) in [5.41, 5.74) is -3.59. The van der Waals surface area contributed by atoms with Gasteiger partial charge in [-0.2, -0.15) is 52.7 Å². The zero-order valence-electron chi connectivity index (χ0n) is 24.0. The smallest absolute Gasteiger partial charge is 0.455 e. The van der Waals surface area contributed by atoms with Gasteiger partial charge in [-0.3, -0.25) is 4.74 Å². The highest BCUT2D eigenvalue weighted by Crippen LogP contribution is 2.60. The van der Waals surface area contributed by atoms with E-state index < -0.39 is 70.1 Å². The molecular formula is C32H20F12O5. The lowest BCUT2D eigenvalue weighted by molar-refractivity contribution is -0.505. The fourth-order valence-corrected chi connectivity index (χ4v) is 4.07. The molecule has 262 valence electrons. The predicted octanol–water partition coefficient (Wildman–Crippen LogP) is 9.79. The second kappa shape index (κ2) is 13.8. The highest BCUT2D eigenvalue weighted by Gasteiger charge is 2.83. The van der Waals surface area contributed by atoms with Crippen LogP contribution < -0.4 is 0 Å². The van der Waals surface area contributed by atoms with Crippen molar-refractivity contribution >= 4 is 11.9 Å². The van der Waals surface area contributed by atoms with Crippen molar-refractivity contribution in [1.29, 1.82) is 0 Å². The van der Waals surface area contributed by atoms with E-state index in [2.05, 4.69) is 53.3 Å². The number of carboxylic acids is 2. The molecule has 49 heavy (non-hydrogen) atoms. The van der Waals surface area contributed by atoms with Gasteiger partial charge in [0.1, 0.15) is 0 Å². The highest BCUT2D eigenvalue weighted by molar-refractivity contribution is 5.88. The number of aromatic carboxylic acids is 2. The summed E-state index contributed by atoms with van der Waals surface area (Å²) in [5, 5.41) is 17.4. The predicted molar refractivity (Wildman–Crippen MR) is 147 cm³/mol. The number of hydrogen-bond donors (Lipinski definition) is 2. The molecule has 0 radical (unpaired) electrons. The average molecular weight is 712 g/mol. The maximum absolute atomic E-state index is 14.9. The molecule has 2 unspecified atom stereocenters. The van der Waals surface area contributed by atoms with Gasteiger partial charge in [0, 0.05) is 11.1 Å². The van der Waals surface area contributed by atoms with Crippen LogP contribution in [-0.2, 0) is 16.6 Å². The molecule has 4 aromatic rings. The van der Waals surface area contributed by atoms with E-state index in [9.17, 15) is 62.3 Å². The molecule has 0 aliphatic rings. The Balaban J connectivity index is 0.000000449. The maximum atomic E-state index is 14.9. The summed E-state index contributed by atoms with van der Waals surface area (Å²) in [4.78, 5) is 21.5. The first-order valence-electron chi connectivity index (χ1n) is 13.2. The lowest BCUT2D eigenvalue weighted by atomic mass is 9.96. The van der Waals surface area contributed by atoms with Gasteiger partial charge in [-0.15, -0.1) is 0 Å². The number of hydrogen-bond acceptors (Lipinski definition) is 3. The van der Waals surface area contributed by atoms with E-state index in [4.69, 9.17) is 10.2 Å². The Bertz CT molecular complexity index is 1600. The monoisotopic (exact) mass is 712 g/mol. The van der Waals surface area contributed by atoms with Crippen LogP contribution in [0.2, 0.25) is 0 Å². The van der Waals surface area contributed by atoms with Gasteiger partial charge in [-0.1, -0.05) is 84.9 Å². The third-order valence-electron chi connectivity index (χ3n) is 6.69. The molecule has 0 saturated heterocycles. The molecule has 0 heterocycles. The molecular weight excluding hydrogens is 692 g/mol. The molecule has 0 spiro atoms. The first-order valence-corrected chi connectivity index (χ1v) is 13.2. The molecule has 2 atom stereocenters. The summed E-state index contributed by atoms with van der Waals surface area (Å²) in [6.45, 7) is 0. The molecule has 0 saturated carbocycles. The Morgan fingerprint density at radius 1 is 0.429 bits per heavy atom. The van der Waals surface area contributed by atoms with Gasteiger partial charge >= 0.3 is 47.8 Å². The van der Waals surface area contributed by atoms with Crippen LogP contribution in [0.25, 0.3) is 11.1 Å². The first kappa shape index (κ1) is 38.4. The summed E-state index contributed by atoms with van der Waals surface area (Å²) < 4.78 is 171. The molecule has 4 aromatic carbocycles. The minimum atomic E-state index is -7.30. The first-order chi connectivity index (χ1) is 22.5. The number of rotatable bonds is 9. The van der Waals surface area contributed by atoms with Crippen LogP contribution >= 0.6 is 0 Å². The number of halogens is 12. The van der Waals surface area contributed by atoms with E-state index in [1.807, 2.05) is 12.1 Å². The zero-order valence-corrected chi connectivity index (χ0v) is 24.0. The van der Waals surface area contributed by atoms with Gasteiger partial charge in [-0.25, -0.2) is 9.59 Å². The fraction of sp³-hybridized carbons (Fsp3) is 0.188. The number of carboxylic acid groups (broad SMARTS) is 2. The highest BCUT2D eigenvalue weighted by atomic mass is 19.4. The van der Waals surface area contributed by atoms with Crippen LogP contribution in [-0.4, -0.2) is 46.2 Å². The third-order valence-corrected chi connectivity index (χ3v) is 6.69. The summed E-state index contributed by atoms with van der Waals surface area (Å²) >= 11 is 0. The number of alkyl halides is 12. The summed E-state index contributed by atoms with van der Waals surface area (Å²) in [6.07, 6.45) is -14.6. The lowest BCUT2D eigenvalue weighted by Crippen LogP contribution is -2.66. The minimum Gasteiger partial charge on any atom is -0.478 e. The van der Waals surface area contributed by atoms with Crippen molar-refractivity contribution in [2.45, 2.75) is 35.9 Å². The summed E-state index contributed by atoms with van der Waals surface area (Å²) in [5.74, 6) is -30.6. The van der Waals surface area contributed by atoms with Gasteiger partial charge in [0.05, 0.1) is 11.1 Å². The molecule has 4 rings (SSSR count). The van der Waals surface area contributed by atoms with Crippen LogP contribution in [0.4, 0.5) is 52.7 Å². The van der Waals surface area contributed by atoms with Gasteiger partial charge in [0.25, 0.3) is 0 Å². The largest absolute Gasteiger partial charge is 0.478 e. The van der Waals surface area contributed by atoms with Gasteiger partial charge in [-0.05, 0) is 35.4 Å². The molecule has 0 aliphatic carbocycles. The number of ether oxygens (including phenoxy) is 1. The second-order valence-electron chi connectivity index (χ2n) is 9.93.